The minimum Gasteiger partial charge on any atom is -0.388 e. The summed E-state index contributed by atoms with van der Waals surface area (Å²) in [6, 6.07) is 9.62. The van der Waals surface area contributed by atoms with Gasteiger partial charge in [-0.25, -0.2) is 0 Å². The maximum atomic E-state index is 9.93. The van der Waals surface area contributed by atoms with E-state index in [1.807, 2.05) is 41.9 Å². The highest BCUT2D eigenvalue weighted by molar-refractivity contribution is 7.99. The van der Waals surface area contributed by atoms with E-state index in [1.54, 1.807) is 6.33 Å². The molecule has 0 saturated heterocycles. The number of hydrogen-bond donors (Lipinski definition) is 1. The third-order valence-electron chi connectivity index (χ3n) is 2.22. The fraction of sp³-hybridized carbons (Fsp3) is 0.273. The van der Waals surface area contributed by atoms with Gasteiger partial charge in [0.2, 0.25) is 0 Å². The van der Waals surface area contributed by atoms with Crippen molar-refractivity contribution in [2.75, 3.05) is 5.75 Å². The Morgan fingerprint density at radius 2 is 2.12 bits per heavy atom. The van der Waals surface area contributed by atoms with Crippen LogP contribution in [0.15, 0.2) is 41.8 Å². The molecule has 0 spiro atoms. The van der Waals surface area contributed by atoms with Crippen LogP contribution in [0.5, 0.6) is 0 Å². The summed E-state index contributed by atoms with van der Waals surface area (Å²) in [5.41, 5.74) is 0.928. The van der Waals surface area contributed by atoms with E-state index in [2.05, 4.69) is 10.2 Å². The predicted molar refractivity (Wildman–Crippen MR) is 63.1 cm³/mol. The molecular weight excluding hydrogens is 222 g/mol. The van der Waals surface area contributed by atoms with Gasteiger partial charge in [0.15, 0.2) is 5.16 Å². The Morgan fingerprint density at radius 3 is 2.75 bits per heavy atom. The average molecular weight is 235 g/mol. The Hall–Kier alpha value is -1.33. The molecule has 1 aromatic carbocycles. The molecule has 2 aromatic rings. The molecule has 1 aromatic heterocycles. The number of rotatable bonds is 4. The van der Waals surface area contributed by atoms with Crippen LogP contribution in [0, 0.1) is 0 Å². The van der Waals surface area contributed by atoms with Crippen LogP contribution in [0.3, 0.4) is 0 Å². The molecule has 2 rings (SSSR count). The summed E-state index contributed by atoms with van der Waals surface area (Å²) in [6.45, 7) is 0. The van der Waals surface area contributed by atoms with Crippen molar-refractivity contribution in [2.45, 2.75) is 11.3 Å². The molecule has 1 heterocycles. The van der Waals surface area contributed by atoms with Crippen LogP contribution < -0.4 is 0 Å². The quantitative estimate of drug-likeness (QED) is 0.818. The number of thioether (sulfide) groups is 1. The van der Waals surface area contributed by atoms with Crippen molar-refractivity contribution in [3.63, 3.8) is 0 Å². The molecule has 1 N–H and O–H groups in total. The van der Waals surface area contributed by atoms with Crippen molar-refractivity contribution in [3.8, 4) is 0 Å². The lowest BCUT2D eigenvalue weighted by molar-refractivity contribution is 0.204. The summed E-state index contributed by atoms with van der Waals surface area (Å²) in [5.74, 6) is 0.580. The smallest absolute Gasteiger partial charge is 0.190 e. The number of nitrogens with zero attached hydrogens (tertiary/aromatic N) is 3. The first kappa shape index (κ1) is 11.2. The zero-order chi connectivity index (χ0) is 11.4. The summed E-state index contributed by atoms with van der Waals surface area (Å²) >= 11 is 1.50. The second-order valence-corrected chi connectivity index (χ2v) is 4.45. The van der Waals surface area contributed by atoms with Gasteiger partial charge in [0.1, 0.15) is 6.33 Å². The van der Waals surface area contributed by atoms with E-state index < -0.39 is 6.10 Å². The maximum Gasteiger partial charge on any atom is 0.190 e. The summed E-state index contributed by atoms with van der Waals surface area (Å²) in [4.78, 5) is 0. The molecule has 0 aliphatic heterocycles. The molecule has 0 radical (unpaired) electrons. The van der Waals surface area contributed by atoms with Crippen LogP contribution in [0.4, 0.5) is 0 Å². The Labute approximate surface area is 98.3 Å². The van der Waals surface area contributed by atoms with E-state index in [0.29, 0.717) is 5.75 Å². The predicted octanol–water partition coefficient (Wildman–Crippen LogP) is 1.64. The van der Waals surface area contributed by atoms with Crippen LogP contribution in [-0.2, 0) is 7.05 Å². The number of aliphatic hydroxyl groups is 1. The standard InChI is InChI=1S/C11H13N3OS/c1-14-8-12-13-11(14)16-7-10(15)9-5-3-2-4-6-9/h2-6,8,10,15H,7H2,1H3. The highest BCUT2D eigenvalue weighted by atomic mass is 32.2. The van der Waals surface area contributed by atoms with Gasteiger partial charge in [0.25, 0.3) is 0 Å². The average Bonchev–Trinajstić information content (AvgIpc) is 2.73. The Kier molecular flexibility index (Phi) is 3.58. The Balaban J connectivity index is 1.94. The van der Waals surface area contributed by atoms with E-state index in [0.717, 1.165) is 10.7 Å². The highest BCUT2D eigenvalue weighted by Gasteiger charge is 2.09. The summed E-state index contributed by atoms with van der Waals surface area (Å²) in [6.07, 6.45) is 1.18. The molecule has 0 amide bonds. The number of benzene rings is 1. The lowest BCUT2D eigenvalue weighted by Crippen LogP contribution is -2.01. The van der Waals surface area contributed by atoms with Crippen molar-refractivity contribution < 1.29 is 5.11 Å². The van der Waals surface area contributed by atoms with Crippen LogP contribution in [-0.4, -0.2) is 25.6 Å². The third kappa shape index (κ3) is 2.62. The minimum absolute atomic E-state index is 0.470. The SMILES string of the molecule is Cn1cnnc1SCC(O)c1ccccc1. The van der Waals surface area contributed by atoms with Gasteiger partial charge in [-0.2, -0.15) is 0 Å². The lowest BCUT2D eigenvalue weighted by Gasteiger charge is -2.09. The van der Waals surface area contributed by atoms with Crippen molar-refractivity contribution >= 4 is 11.8 Å². The van der Waals surface area contributed by atoms with Crippen molar-refractivity contribution in [3.05, 3.63) is 42.2 Å². The molecule has 16 heavy (non-hydrogen) atoms. The molecule has 84 valence electrons. The number of hydrogen-bond acceptors (Lipinski definition) is 4. The number of aromatic nitrogens is 3. The van der Waals surface area contributed by atoms with Crippen molar-refractivity contribution in [2.24, 2.45) is 7.05 Å². The molecule has 0 fully saturated rings. The minimum atomic E-state index is -0.470. The molecule has 0 saturated carbocycles. The van der Waals surface area contributed by atoms with E-state index in [4.69, 9.17) is 0 Å². The number of aryl methyl sites for hydroxylation is 1. The van der Waals surface area contributed by atoms with Gasteiger partial charge in [0, 0.05) is 12.8 Å². The van der Waals surface area contributed by atoms with Gasteiger partial charge in [-0.15, -0.1) is 10.2 Å². The third-order valence-corrected chi connectivity index (χ3v) is 3.33. The van der Waals surface area contributed by atoms with E-state index >= 15 is 0 Å². The van der Waals surface area contributed by atoms with Gasteiger partial charge in [-0.1, -0.05) is 42.1 Å². The molecule has 1 unspecified atom stereocenters. The summed E-state index contributed by atoms with van der Waals surface area (Å²) < 4.78 is 1.84. The lowest BCUT2D eigenvalue weighted by atomic mass is 10.1. The summed E-state index contributed by atoms with van der Waals surface area (Å²) in [7, 11) is 1.89. The molecule has 0 aliphatic rings. The molecule has 0 bridgehead atoms. The van der Waals surface area contributed by atoms with Crippen molar-refractivity contribution in [1.82, 2.24) is 14.8 Å². The first-order valence-electron chi connectivity index (χ1n) is 4.97. The van der Waals surface area contributed by atoms with Gasteiger partial charge in [-0.05, 0) is 5.56 Å². The fourth-order valence-electron chi connectivity index (χ4n) is 1.33. The van der Waals surface area contributed by atoms with Gasteiger partial charge >= 0.3 is 0 Å². The summed E-state index contributed by atoms with van der Waals surface area (Å²) in [5, 5.41) is 18.5. The zero-order valence-electron chi connectivity index (χ0n) is 8.95. The van der Waals surface area contributed by atoms with Crippen molar-refractivity contribution in [1.29, 1.82) is 0 Å². The fourth-order valence-corrected chi connectivity index (χ4v) is 2.18. The number of aliphatic hydroxyl groups excluding tert-OH is 1. The second-order valence-electron chi connectivity index (χ2n) is 3.46. The van der Waals surface area contributed by atoms with Gasteiger partial charge < -0.3 is 9.67 Å². The van der Waals surface area contributed by atoms with E-state index in [9.17, 15) is 5.11 Å². The molecule has 4 nitrogen and oxygen atoms in total. The Bertz CT molecular complexity index is 444. The topological polar surface area (TPSA) is 50.9 Å². The van der Waals surface area contributed by atoms with Crippen LogP contribution in [0.2, 0.25) is 0 Å². The van der Waals surface area contributed by atoms with Gasteiger partial charge in [0.05, 0.1) is 6.10 Å². The maximum absolute atomic E-state index is 9.93. The zero-order valence-corrected chi connectivity index (χ0v) is 9.76. The Morgan fingerprint density at radius 1 is 1.38 bits per heavy atom. The van der Waals surface area contributed by atoms with Crippen LogP contribution >= 0.6 is 11.8 Å². The van der Waals surface area contributed by atoms with Crippen LogP contribution in [0.1, 0.15) is 11.7 Å². The molecule has 0 aliphatic carbocycles. The normalized spacial score (nSPS) is 12.6. The highest BCUT2D eigenvalue weighted by Crippen LogP contribution is 2.22. The van der Waals surface area contributed by atoms with Crippen LogP contribution in [0.25, 0.3) is 0 Å². The van der Waals surface area contributed by atoms with Gasteiger partial charge in [-0.3, -0.25) is 0 Å². The molecule has 1 atom stereocenters. The monoisotopic (exact) mass is 235 g/mol. The van der Waals surface area contributed by atoms with E-state index in [-0.39, 0.29) is 0 Å². The first-order valence-corrected chi connectivity index (χ1v) is 5.96. The molecular formula is C11H13N3OS. The first-order chi connectivity index (χ1) is 7.77. The molecule has 5 heteroatoms. The van der Waals surface area contributed by atoms with E-state index in [1.165, 1.54) is 11.8 Å². The largest absolute Gasteiger partial charge is 0.388 e. The second kappa shape index (κ2) is 5.14.